The summed E-state index contributed by atoms with van der Waals surface area (Å²) in [7, 11) is 0. The molecule has 1 saturated heterocycles. The topological polar surface area (TPSA) is 31.9 Å². The Hall–Kier alpha value is -1.61. The van der Waals surface area contributed by atoms with Gasteiger partial charge in [-0.25, -0.2) is 0 Å². The molecule has 3 rings (SSSR count). The second-order valence-corrected chi connectivity index (χ2v) is 7.39. The van der Waals surface area contributed by atoms with Gasteiger partial charge in [-0.3, -0.25) is 5.10 Å². The summed E-state index contributed by atoms with van der Waals surface area (Å²) in [6, 6.07) is 8.79. The maximum Gasteiger partial charge on any atom is 0.0568 e. The minimum absolute atomic E-state index is 0.578. The van der Waals surface area contributed by atoms with Crippen LogP contribution in [0.4, 0.5) is 0 Å². The Bertz CT molecular complexity index is 612. The number of nitrogens with one attached hydrogen (secondary N) is 1. The van der Waals surface area contributed by atoms with Crippen molar-refractivity contribution in [2.24, 2.45) is 5.92 Å². The molecule has 2 aromatic rings. The Balaban J connectivity index is 1.74. The molecule has 124 valence electrons. The molecule has 1 aromatic carbocycles. The van der Waals surface area contributed by atoms with E-state index in [4.69, 9.17) is 0 Å². The average molecular weight is 311 g/mol. The van der Waals surface area contributed by atoms with Gasteiger partial charge in [0.05, 0.1) is 6.20 Å². The van der Waals surface area contributed by atoms with Crippen molar-refractivity contribution in [3.63, 3.8) is 0 Å². The van der Waals surface area contributed by atoms with Crippen LogP contribution in [0.3, 0.4) is 0 Å². The Morgan fingerprint density at radius 3 is 2.78 bits per heavy atom. The van der Waals surface area contributed by atoms with E-state index < -0.39 is 0 Å². The van der Waals surface area contributed by atoms with E-state index in [0.29, 0.717) is 5.92 Å². The SMILES string of the molecule is Cc1ccc(-c2cn[nH]c2[C@H]2CCCN(CCC(C)C)C2)cc1. The minimum atomic E-state index is 0.578. The predicted octanol–water partition coefficient (Wildman–Crippen LogP) is 4.61. The number of aryl methyl sites for hydroxylation is 1. The Kier molecular flexibility index (Phi) is 5.16. The van der Waals surface area contributed by atoms with Crippen molar-refractivity contribution in [2.45, 2.75) is 46.0 Å². The zero-order chi connectivity index (χ0) is 16.2. The lowest BCUT2D eigenvalue weighted by Crippen LogP contribution is -2.35. The molecule has 1 aromatic heterocycles. The molecular formula is C20H29N3. The lowest BCUT2D eigenvalue weighted by Gasteiger charge is -2.33. The van der Waals surface area contributed by atoms with E-state index in [1.54, 1.807) is 0 Å². The molecule has 1 atom stereocenters. The number of likely N-dealkylation sites (tertiary alicyclic amines) is 1. The van der Waals surface area contributed by atoms with Crippen LogP contribution in [-0.4, -0.2) is 34.7 Å². The zero-order valence-corrected chi connectivity index (χ0v) is 14.7. The van der Waals surface area contributed by atoms with E-state index in [0.717, 1.165) is 12.5 Å². The molecule has 0 saturated carbocycles. The fourth-order valence-electron chi connectivity index (χ4n) is 3.51. The van der Waals surface area contributed by atoms with E-state index in [9.17, 15) is 0 Å². The van der Waals surface area contributed by atoms with Gasteiger partial charge in [0.2, 0.25) is 0 Å². The average Bonchev–Trinajstić information content (AvgIpc) is 3.03. The van der Waals surface area contributed by atoms with E-state index in [1.807, 2.05) is 6.20 Å². The summed E-state index contributed by atoms with van der Waals surface area (Å²) in [5, 5.41) is 7.65. The third kappa shape index (κ3) is 4.03. The maximum absolute atomic E-state index is 4.35. The Labute approximate surface area is 140 Å². The van der Waals surface area contributed by atoms with Crippen LogP contribution in [0, 0.1) is 12.8 Å². The molecule has 0 unspecified atom stereocenters. The van der Waals surface area contributed by atoms with E-state index in [1.165, 1.54) is 54.7 Å². The number of H-pyrrole nitrogens is 1. The molecule has 1 N–H and O–H groups in total. The van der Waals surface area contributed by atoms with Crippen molar-refractivity contribution in [1.82, 2.24) is 15.1 Å². The number of benzene rings is 1. The van der Waals surface area contributed by atoms with Gasteiger partial charge in [-0.15, -0.1) is 0 Å². The van der Waals surface area contributed by atoms with Crippen LogP contribution in [-0.2, 0) is 0 Å². The van der Waals surface area contributed by atoms with Gasteiger partial charge < -0.3 is 4.90 Å². The first kappa shape index (κ1) is 16.3. The van der Waals surface area contributed by atoms with Gasteiger partial charge in [0.25, 0.3) is 0 Å². The first-order valence-electron chi connectivity index (χ1n) is 8.96. The van der Waals surface area contributed by atoms with E-state index >= 15 is 0 Å². The molecule has 2 heterocycles. The summed E-state index contributed by atoms with van der Waals surface area (Å²) in [4.78, 5) is 2.63. The quantitative estimate of drug-likeness (QED) is 0.874. The van der Waals surface area contributed by atoms with Crippen molar-refractivity contribution in [2.75, 3.05) is 19.6 Å². The zero-order valence-electron chi connectivity index (χ0n) is 14.7. The highest BCUT2D eigenvalue weighted by Gasteiger charge is 2.25. The molecule has 1 aliphatic rings. The first-order valence-corrected chi connectivity index (χ1v) is 8.96. The van der Waals surface area contributed by atoms with Crippen molar-refractivity contribution in [3.05, 3.63) is 41.7 Å². The van der Waals surface area contributed by atoms with E-state index in [2.05, 4.69) is 60.1 Å². The smallest absolute Gasteiger partial charge is 0.0568 e. The number of aromatic nitrogens is 2. The minimum Gasteiger partial charge on any atom is -0.303 e. The summed E-state index contributed by atoms with van der Waals surface area (Å²) in [6.45, 7) is 10.4. The summed E-state index contributed by atoms with van der Waals surface area (Å²) < 4.78 is 0. The molecule has 3 nitrogen and oxygen atoms in total. The molecule has 0 radical (unpaired) electrons. The third-order valence-electron chi connectivity index (χ3n) is 4.97. The predicted molar refractivity (Wildman–Crippen MR) is 96.6 cm³/mol. The number of rotatable bonds is 5. The summed E-state index contributed by atoms with van der Waals surface area (Å²) in [6.07, 6.45) is 5.84. The van der Waals surface area contributed by atoms with Crippen LogP contribution in [0.15, 0.2) is 30.5 Å². The summed E-state index contributed by atoms with van der Waals surface area (Å²) in [5.41, 5.74) is 5.18. The summed E-state index contributed by atoms with van der Waals surface area (Å²) >= 11 is 0. The fourth-order valence-corrected chi connectivity index (χ4v) is 3.51. The first-order chi connectivity index (χ1) is 11.1. The molecule has 3 heteroatoms. The largest absolute Gasteiger partial charge is 0.303 e. The van der Waals surface area contributed by atoms with Crippen LogP contribution in [0.5, 0.6) is 0 Å². The summed E-state index contributed by atoms with van der Waals surface area (Å²) in [5.74, 6) is 1.36. The monoisotopic (exact) mass is 311 g/mol. The molecule has 0 amide bonds. The number of hydrogen-bond acceptors (Lipinski definition) is 2. The number of nitrogens with zero attached hydrogens (tertiary/aromatic N) is 2. The fraction of sp³-hybridized carbons (Fsp3) is 0.550. The normalized spacial score (nSPS) is 19.4. The highest BCUT2D eigenvalue weighted by molar-refractivity contribution is 5.66. The highest BCUT2D eigenvalue weighted by atomic mass is 15.1. The number of hydrogen-bond donors (Lipinski definition) is 1. The van der Waals surface area contributed by atoms with Gasteiger partial charge in [-0.1, -0.05) is 43.7 Å². The van der Waals surface area contributed by atoms with Gasteiger partial charge in [0, 0.05) is 23.7 Å². The molecule has 23 heavy (non-hydrogen) atoms. The van der Waals surface area contributed by atoms with Crippen molar-refractivity contribution in [1.29, 1.82) is 0 Å². The second kappa shape index (κ2) is 7.31. The number of aromatic amines is 1. The van der Waals surface area contributed by atoms with Crippen molar-refractivity contribution in [3.8, 4) is 11.1 Å². The van der Waals surface area contributed by atoms with Crippen molar-refractivity contribution < 1.29 is 0 Å². The van der Waals surface area contributed by atoms with Crippen LogP contribution >= 0.6 is 0 Å². The van der Waals surface area contributed by atoms with E-state index in [-0.39, 0.29) is 0 Å². The third-order valence-corrected chi connectivity index (χ3v) is 4.97. The van der Waals surface area contributed by atoms with Crippen LogP contribution in [0.2, 0.25) is 0 Å². The van der Waals surface area contributed by atoms with Gasteiger partial charge in [-0.2, -0.15) is 5.10 Å². The van der Waals surface area contributed by atoms with Crippen LogP contribution < -0.4 is 0 Å². The molecular weight excluding hydrogens is 282 g/mol. The lowest BCUT2D eigenvalue weighted by molar-refractivity contribution is 0.196. The van der Waals surface area contributed by atoms with Crippen LogP contribution in [0.1, 0.15) is 50.3 Å². The van der Waals surface area contributed by atoms with Gasteiger partial charge >= 0.3 is 0 Å². The Morgan fingerprint density at radius 1 is 1.26 bits per heavy atom. The van der Waals surface area contributed by atoms with Gasteiger partial charge in [0.15, 0.2) is 0 Å². The van der Waals surface area contributed by atoms with Gasteiger partial charge in [0.1, 0.15) is 0 Å². The van der Waals surface area contributed by atoms with Crippen LogP contribution in [0.25, 0.3) is 11.1 Å². The molecule has 0 spiro atoms. The van der Waals surface area contributed by atoms with Gasteiger partial charge in [-0.05, 0) is 50.8 Å². The Morgan fingerprint density at radius 2 is 2.04 bits per heavy atom. The standard InChI is InChI=1S/C20H29N3/c1-15(2)10-12-23-11-4-5-18(14-23)20-19(13-21-22-20)17-8-6-16(3)7-9-17/h6-9,13,15,18H,4-5,10-12,14H2,1-3H3,(H,21,22)/t18-/m0/s1. The molecule has 0 aliphatic carbocycles. The maximum atomic E-state index is 4.35. The lowest BCUT2D eigenvalue weighted by atomic mass is 9.90. The van der Waals surface area contributed by atoms with Crippen molar-refractivity contribution >= 4 is 0 Å². The second-order valence-electron chi connectivity index (χ2n) is 7.39. The molecule has 1 fully saturated rings. The molecule has 0 bridgehead atoms. The highest BCUT2D eigenvalue weighted by Crippen LogP contribution is 2.33. The molecule has 1 aliphatic heterocycles. The number of piperidine rings is 1.